The van der Waals surface area contributed by atoms with Crippen molar-refractivity contribution in [2.45, 2.75) is 25.4 Å². The first-order valence-corrected chi connectivity index (χ1v) is 6.51. The van der Waals surface area contributed by atoms with E-state index in [0.717, 1.165) is 12.1 Å². The molecule has 1 atom stereocenters. The predicted octanol–water partition coefficient (Wildman–Crippen LogP) is 1.66. The van der Waals surface area contributed by atoms with Crippen LogP contribution in [0.5, 0.6) is 5.75 Å². The Morgan fingerprint density at radius 2 is 2.22 bits per heavy atom. The van der Waals surface area contributed by atoms with Crippen LogP contribution in [0, 0.1) is 0 Å². The Morgan fingerprint density at radius 1 is 1.44 bits per heavy atom. The Labute approximate surface area is 111 Å². The lowest BCUT2D eigenvalue weighted by Crippen LogP contribution is -2.23. The normalized spacial score (nSPS) is 17.2. The molecule has 5 heteroatoms. The fraction of sp³-hybridized carbons (Fsp3) is 0.462. The standard InChI is InChI=1S/C13H16ClNO3/c14-8-11(16)7-9-6-10(3-4-12(9)17)15-5-1-2-13(15)18/h3-4,6,11,16-17H,1-2,5,7-8H2. The zero-order valence-corrected chi connectivity index (χ0v) is 10.7. The monoisotopic (exact) mass is 269 g/mol. The van der Waals surface area contributed by atoms with Gasteiger partial charge in [-0.15, -0.1) is 11.6 Å². The van der Waals surface area contributed by atoms with Crippen molar-refractivity contribution < 1.29 is 15.0 Å². The lowest BCUT2D eigenvalue weighted by molar-refractivity contribution is -0.117. The third-order valence-electron chi connectivity index (χ3n) is 3.08. The van der Waals surface area contributed by atoms with Crippen LogP contribution in [0.1, 0.15) is 18.4 Å². The van der Waals surface area contributed by atoms with Crippen LogP contribution >= 0.6 is 11.6 Å². The van der Waals surface area contributed by atoms with Crippen molar-refractivity contribution >= 4 is 23.2 Å². The lowest BCUT2D eigenvalue weighted by Gasteiger charge is -2.18. The van der Waals surface area contributed by atoms with Crippen LogP contribution in [-0.2, 0) is 11.2 Å². The van der Waals surface area contributed by atoms with Crippen LogP contribution < -0.4 is 4.90 Å². The van der Waals surface area contributed by atoms with Gasteiger partial charge in [0.25, 0.3) is 0 Å². The van der Waals surface area contributed by atoms with E-state index in [9.17, 15) is 15.0 Å². The number of benzene rings is 1. The molecule has 0 aromatic heterocycles. The number of carbonyl (C=O) groups excluding carboxylic acids is 1. The average molecular weight is 270 g/mol. The number of aromatic hydroxyl groups is 1. The molecular formula is C13H16ClNO3. The highest BCUT2D eigenvalue weighted by Crippen LogP contribution is 2.28. The number of phenols is 1. The molecule has 1 aliphatic heterocycles. The molecule has 0 aliphatic carbocycles. The summed E-state index contributed by atoms with van der Waals surface area (Å²) in [6.45, 7) is 0.709. The second kappa shape index (κ2) is 5.59. The number of hydrogen-bond acceptors (Lipinski definition) is 3. The molecule has 1 aromatic rings. The highest BCUT2D eigenvalue weighted by Gasteiger charge is 2.22. The number of aliphatic hydroxyl groups excluding tert-OH is 1. The van der Waals surface area contributed by atoms with Gasteiger partial charge in [0.05, 0.1) is 6.10 Å². The number of aliphatic hydroxyl groups is 1. The number of hydrogen-bond donors (Lipinski definition) is 2. The highest BCUT2D eigenvalue weighted by molar-refractivity contribution is 6.18. The van der Waals surface area contributed by atoms with Crippen LogP contribution in [0.4, 0.5) is 5.69 Å². The number of nitrogens with zero attached hydrogens (tertiary/aromatic N) is 1. The lowest BCUT2D eigenvalue weighted by atomic mass is 10.1. The molecule has 0 bridgehead atoms. The highest BCUT2D eigenvalue weighted by atomic mass is 35.5. The zero-order chi connectivity index (χ0) is 13.1. The Kier molecular flexibility index (Phi) is 4.09. The van der Waals surface area contributed by atoms with E-state index in [1.807, 2.05) is 0 Å². The van der Waals surface area contributed by atoms with Gasteiger partial charge in [-0.2, -0.15) is 0 Å². The second-order valence-electron chi connectivity index (χ2n) is 4.47. The first-order valence-electron chi connectivity index (χ1n) is 5.98. The van der Waals surface area contributed by atoms with Gasteiger partial charge in [0, 0.05) is 31.0 Å². The van der Waals surface area contributed by atoms with Crippen LogP contribution in [0.15, 0.2) is 18.2 Å². The molecule has 1 fully saturated rings. The summed E-state index contributed by atoms with van der Waals surface area (Å²) >= 11 is 5.55. The summed E-state index contributed by atoms with van der Waals surface area (Å²) in [5.41, 5.74) is 1.38. The number of halogens is 1. The molecule has 1 saturated heterocycles. The Morgan fingerprint density at radius 3 is 2.83 bits per heavy atom. The van der Waals surface area contributed by atoms with Crippen LogP contribution in [0.3, 0.4) is 0 Å². The minimum absolute atomic E-state index is 0.101. The van der Waals surface area contributed by atoms with E-state index in [1.54, 1.807) is 23.1 Å². The average Bonchev–Trinajstić information content (AvgIpc) is 2.78. The van der Waals surface area contributed by atoms with E-state index in [1.165, 1.54) is 0 Å². The zero-order valence-electron chi connectivity index (χ0n) is 9.97. The van der Waals surface area contributed by atoms with Gasteiger partial charge < -0.3 is 15.1 Å². The number of rotatable bonds is 4. The minimum atomic E-state index is -0.693. The van der Waals surface area contributed by atoms with E-state index >= 15 is 0 Å². The van der Waals surface area contributed by atoms with Gasteiger partial charge in [-0.3, -0.25) is 4.79 Å². The van der Waals surface area contributed by atoms with Gasteiger partial charge >= 0.3 is 0 Å². The first-order chi connectivity index (χ1) is 8.61. The van der Waals surface area contributed by atoms with Crippen molar-refractivity contribution in [3.63, 3.8) is 0 Å². The Hall–Kier alpha value is -1.26. The van der Waals surface area contributed by atoms with Gasteiger partial charge in [0.1, 0.15) is 5.75 Å². The Balaban J connectivity index is 2.23. The Bertz CT molecular complexity index is 450. The van der Waals surface area contributed by atoms with Crippen molar-refractivity contribution in [3.05, 3.63) is 23.8 Å². The molecule has 1 amide bonds. The van der Waals surface area contributed by atoms with E-state index in [2.05, 4.69) is 0 Å². The fourth-order valence-electron chi connectivity index (χ4n) is 2.13. The van der Waals surface area contributed by atoms with Gasteiger partial charge in [-0.05, 0) is 30.2 Å². The predicted molar refractivity (Wildman–Crippen MR) is 70.1 cm³/mol. The fourth-order valence-corrected chi connectivity index (χ4v) is 2.24. The van der Waals surface area contributed by atoms with Crippen molar-refractivity contribution in [3.8, 4) is 5.75 Å². The summed E-state index contributed by atoms with van der Waals surface area (Å²) in [7, 11) is 0. The largest absolute Gasteiger partial charge is 0.508 e. The van der Waals surface area contributed by atoms with Crippen LogP contribution in [0.2, 0.25) is 0 Å². The molecule has 2 rings (SSSR count). The SMILES string of the molecule is O=C1CCCN1c1ccc(O)c(CC(O)CCl)c1. The topological polar surface area (TPSA) is 60.8 Å². The van der Waals surface area contributed by atoms with Gasteiger partial charge in [0.2, 0.25) is 5.91 Å². The number of phenolic OH excluding ortho intramolecular Hbond substituents is 1. The van der Waals surface area contributed by atoms with Gasteiger partial charge in [0.15, 0.2) is 0 Å². The van der Waals surface area contributed by atoms with Gasteiger partial charge in [-0.1, -0.05) is 0 Å². The molecule has 18 heavy (non-hydrogen) atoms. The van der Waals surface area contributed by atoms with Crippen molar-refractivity contribution in [1.82, 2.24) is 0 Å². The third-order valence-corrected chi connectivity index (χ3v) is 3.44. The summed E-state index contributed by atoms with van der Waals surface area (Å²) in [6.07, 6.45) is 1.02. The smallest absolute Gasteiger partial charge is 0.227 e. The molecule has 1 unspecified atom stereocenters. The summed E-state index contributed by atoms with van der Waals surface area (Å²) < 4.78 is 0. The minimum Gasteiger partial charge on any atom is -0.508 e. The van der Waals surface area contributed by atoms with Crippen LogP contribution in [0.25, 0.3) is 0 Å². The summed E-state index contributed by atoms with van der Waals surface area (Å²) in [5, 5.41) is 19.3. The van der Waals surface area contributed by atoms with Crippen molar-refractivity contribution in [1.29, 1.82) is 0 Å². The third kappa shape index (κ3) is 2.76. The van der Waals surface area contributed by atoms with E-state index in [-0.39, 0.29) is 24.0 Å². The number of amides is 1. The number of anilines is 1. The summed E-state index contributed by atoms with van der Waals surface area (Å²) in [6, 6.07) is 5.01. The molecular weight excluding hydrogens is 254 g/mol. The number of carbonyl (C=O) groups is 1. The molecule has 98 valence electrons. The summed E-state index contributed by atoms with van der Waals surface area (Å²) in [4.78, 5) is 13.3. The molecule has 0 spiro atoms. The second-order valence-corrected chi connectivity index (χ2v) is 4.78. The van der Waals surface area contributed by atoms with Gasteiger partial charge in [-0.25, -0.2) is 0 Å². The first kappa shape index (κ1) is 13.2. The maximum absolute atomic E-state index is 11.6. The number of alkyl halides is 1. The van der Waals surface area contributed by atoms with Crippen molar-refractivity contribution in [2.75, 3.05) is 17.3 Å². The quantitative estimate of drug-likeness (QED) is 0.818. The summed E-state index contributed by atoms with van der Waals surface area (Å²) in [5.74, 6) is 0.339. The van der Waals surface area contributed by atoms with E-state index in [4.69, 9.17) is 11.6 Å². The maximum atomic E-state index is 11.6. The molecule has 1 aliphatic rings. The molecule has 4 nitrogen and oxygen atoms in total. The molecule has 0 saturated carbocycles. The van der Waals surface area contributed by atoms with Crippen LogP contribution in [-0.4, -0.2) is 34.6 Å². The van der Waals surface area contributed by atoms with E-state index < -0.39 is 6.10 Å². The maximum Gasteiger partial charge on any atom is 0.227 e. The van der Waals surface area contributed by atoms with E-state index in [0.29, 0.717) is 18.5 Å². The molecule has 1 heterocycles. The molecule has 1 aromatic carbocycles. The molecule has 2 N–H and O–H groups in total. The molecule has 0 radical (unpaired) electrons. The van der Waals surface area contributed by atoms with Crippen molar-refractivity contribution in [2.24, 2.45) is 0 Å².